The molecule has 0 radical (unpaired) electrons. The molecule has 0 spiro atoms. The van der Waals surface area contributed by atoms with Crippen LogP contribution in [0.4, 0.5) is 5.69 Å². The molecule has 1 saturated heterocycles. The number of nitrogens with one attached hydrogen (secondary N) is 1. The highest BCUT2D eigenvalue weighted by atomic mass is 35.5. The number of aromatic nitrogens is 2. The Bertz CT molecular complexity index is 1300. The molecule has 1 aliphatic heterocycles. The first kappa shape index (κ1) is 21.2. The Kier molecular flexibility index (Phi) is 5.63. The number of hydrogen-bond donors (Lipinski definition) is 1. The molecule has 0 aliphatic carbocycles. The summed E-state index contributed by atoms with van der Waals surface area (Å²) in [5.41, 5.74) is 0.889. The summed E-state index contributed by atoms with van der Waals surface area (Å²) in [5.74, 6) is -0.129. The predicted molar refractivity (Wildman–Crippen MR) is 122 cm³/mol. The van der Waals surface area contributed by atoms with E-state index in [1.54, 1.807) is 11.0 Å². The zero-order chi connectivity index (χ0) is 22.3. The molecule has 1 aromatic carbocycles. The van der Waals surface area contributed by atoms with Gasteiger partial charge in [-0.1, -0.05) is 17.7 Å². The molecule has 0 saturated carbocycles. The normalized spacial score (nSPS) is 14.4. The second-order valence-corrected chi connectivity index (χ2v) is 9.01. The van der Waals surface area contributed by atoms with Crippen LogP contribution in [0.2, 0.25) is 5.02 Å². The summed E-state index contributed by atoms with van der Waals surface area (Å²) in [7, 11) is 0. The van der Waals surface area contributed by atoms with Gasteiger partial charge in [0.25, 0.3) is 17.2 Å². The summed E-state index contributed by atoms with van der Waals surface area (Å²) < 4.78 is 0. The van der Waals surface area contributed by atoms with Crippen molar-refractivity contribution in [1.82, 2.24) is 14.9 Å². The standard InChI is InChI=1S/C21H19ClN4O4S/c1-11-12(2)31-20-17(11)19(27)23-18(24-20)14(21(28)25-7-3-4-8-25)9-13-5-6-15(22)16(10-13)26(29)30/h5-6,9-10H,3-4,7-8H2,1-2H3,(H,23,24,27)/b14-9+. The van der Waals surface area contributed by atoms with Crippen LogP contribution in [0.1, 0.15) is 34.7 Å². The second-order valence-electron chi connectivity index (χ2n) is 7.40. The van der Waals surface area contributed by atoms with E-state index in [9.17, 15) is 19.7 Å². The molecule has 1 fully saturated rings. The van der Waals surface area contributed by atoms with E-state index in [4.69, 9.17) is 11.6 Å². The number of aryl methyl sites for hydroxylation is 2. The van der Waals surface area contributed by atoms with Crippen molar-refractivity contribution in [3.8, 4) is 0 Å². The fourth-order valence-electron chi connectivity index (χ4n) is 3.63. The average molecular weight is 459 g/mol. The van der Waals surface area contributed by atoms with Crippen LogP contribution in [0, 0.1) is 24.0 Å². The molecule has 4 rings (SSSR count). The van der Waals surface area contributed by atoms with Gasteiger partial charge in [0, 0.05) is 24.0 Å². The number of halogens is 1. The Hall–Kier alpha value is -3.04. The van der Waals surface area contributed by atoms with Crippen LogP contribution in [-0.4, -0.2) is 38.8 Å². The van der Waals surface area contributed by atoms with Crippen LogP contribution in [0.15, 0.2) is 23.0 Å². The third kappa shape index (κ3) is 3.98. The Balaban J connectivity index is 1.90. The average Bonchev–Trinajstić information content (AvgIpc) is 3.35. The topological polar surface area (TPSA) is 109 Å². The summed E-state index contributed by atoms with van der Waals surface area (Å²) in [5, 5.41) is 11.8. The minimum atomic E-state index is -0.578. The Morgan fingerprint density at radius 3 is 2.71 bits per heavy atom. The lowest BCUT2D eigenvalue weighted by atomic mass is 10.1. The zero-order valence-corrected chi connectivity index (χ0v) is 18.5. The lowest BCUT2D eigenvalue weighted by molar-refractivity contribution is -0.384. The summed E-state index contributed by atoms with van der Waals surface area (Å²) in [6.07, 6.45) is 3.32. The van der Waals surface area contributed by atoms with Gasteiger partial charge in [-0.25, -0.2) is 4.98 Å². The van der Waals surface area contributed by atoms with Crippen LogP contribution >= 0.6 is 22.9 Å². The summed E-state index contributed by atoms with van der Waals surface area (Å²) in [4.78, 5) is 47.3. The number of carbonyl (C=O) groups excluding carboxylic acids is 1. The Labute approximate surface area is 186 Å². The van der Waals surface area contributed by atoms with Crippen molar-refractivity contribution in [3.05, 3.63) is 65.5 Å². The van der Waals surface area contributed by atoms with Gasteiger partial charge >= 0.3 is 0 Å². The number of H-pyrrole nitrogens is 1. The lowest BCUT2D eigenvalue weighted by Gasteiger charge is -2.17. The molecule has 160 valence electrons. The quantitative estimate of drug-likeness (QED) is 0.355. The van der Waals surface area contributed by atoms with E-state index in [-0.39, 0.29) is 33.6 Å². The molecule has 0 unspecified atom stereocenters. The number of carbonyl (C=O) groups is 1. The van der Waals surface area contributed by atoms with Crippen LogP contribution in [0.25, 0.3) is 21.9 Å². The molecule has 2 aromatic heterocycles. The first-order chi connectivity index (χ1) is 14.8. The molecule has 3 aromatic rings. The van der Waals surface area contributed by atoms with Crippen molar-refractivity contribution in [2.24, 2.45) is 0 Å². The van der Waals surface area contributed by atoms with Gasteiger partial charge < -0.3 is 9.88 Å². The van der Waals surface area contributed by atoms with Crippen molar-refractivity contribution in [2.45, 2.75) is 26.7 Å². The van der Waals surface area contributed by atoms with Crippen LogP contribution < -0.4 is 5.56 Å². The molecule has 1 amide bonds. The number of hydrogen-bond acceptors (Lipinski definition) is 6. The highest BCUT2D eigenvalue weighted by molar-refractivity contribution is 7.18. The molecule has 8 nitrogen and oxygen atoms in total. The third-order valence-electron chi connectivity index (χ3n) is 5.40. The molecule has 0 bridgehead atoms. The lowest BCUT2D eigenvalue weighted by Crippen LogP contribution is -2.29. The highest BCUT2D eigenvalue weighted by Crippen LogP contribution is 2.30. The molecule has 31 heavy (non-hydrogen) atoms. The molecular weight excluding hydrogens is 440 g/mol. The number of nitro groups is 1. The van der Waals surface area contributed by atoms with E-state index in [0.717, 1.165) is 23.3 Å². The summed E-state index contributed by atoms with van der Waals surface area (Å²) in [6, 6.07) is 4.30. The predicted octanol–water partition coefficient (Wildman–Crippen LogP) is 4.33. The SMILES string of the molecule is Cc1sc2nc(/C(=C\c3ccc(Cl)c([N+](=O)[O-])c3)C(=O)N3CCCC3)[nH]c(=O)c2c1C. The van der Waals surface area contributed by atoms with Crippen LogP contribution in [-0.2, 0) is 4.79 Å². The van der Waals surface area contributed by atoms with Gasteiger partial charge in [0.2, 0.25) is 0 Å². The van der Waals surface area contributed by atoms with Gasteiger partial charge in [-0.05, 0) is 50.0 Å². The van der Waals surface area contributed by atoms with Crippen LogP contribution in [0.3, 0.4) is 0 Å². The number of rotatable bonds is 4. The molecule has 0 atom stereocenters. The van der Waals surface area contributed by atoms with E-state index in [0.29, 0.717) is 28.9 Å². The zero-order valence-electron chi connectivity index (χ0n) is 16.9. The van der Waals surface area contributed by atoms with Gasteiger partial charge in [0.1, 0.15) is 15.7 Å². The maximum atomic E-state index is 13.3. The number of benzene rings is 1. The summed E-state index contributed by atoms with van der Waals surface area (Å²) in [6.45, 7) is 5.00. The van der Waals surface area contributed by atoms with Gasteiger partial charge in [0.05, 0.1) is 15.9 Å². The van der Waals surface area contributed by atoms with Gasteiger partial charge in [-0.2, -0.15) is 0 Å². The number of aromatic amines is 1. The maximum absolute atomic E-state index is 13.3. The van der Waals surface area contributed by atoms with Crippen molar-refractivity contribution in [1.29, 1.82) is 0 Å². The summed E-state index contributed by atoms with van der Waals surface area (Å²) >= 11 is 7.31. The van der Waals surface area contributed by atoms with E-state index in [1.807, 2.05) is 13.8 Å². The number of nitrogens with zero attached hydrogens (tertiary/aromatic N) is 3. The van der Waals surface area contributed by atoms with Crippen molar-refractivity contribution >= 4 is 56.4 Å². The van der Waals surface area contributed by atoms with E-state index < -0.39 is 4.92 Å². The van der Waals surface area contributed by atoms with E-state index in [1.165, 1.54) is 29.5 Å². The smallest absolute Gasteiger partial charge is 0.288 e. The van der Waals surface area contributed by atoms with Crippen molar-refractivity contribution in [2.75, 3.05) is 13.1 Å². The number of nitro benzene ring substituents is 1. The minimum Gasteiger partial charge on any atom is -0.339 e. The number of amides is 1. The first-order valence-corrected chi connectivity index (χ1v) is 10.9. The van der Waals surface area contributed by atoms with Crippen molar-refractivity contribution in [3.63, 3.8) is 0 Å². The van der Waals surface area contributed by atoms with E-state index in [2.05, 4.69) is 9.97 Å². The number of fused-ring (bicyclic) bond motifs is 1. The Morgan fingerprint density at radius 2 is 2.03 bits per heavy atom. The van der Waals surface area contributed by atoms with Crippen LogP contribution in [0.5, 0.6) is 0 Å². The Morgan fingerprint density at radius 1 is 1.32 bits per heavy atom. The molecule has 10 heteroatoms. The molecule has 3 heterocycles. The minimum absolute atomic E-state index is 0.00653. The van der Waals surface area contributed by atoms with Gasteiger partial charge in [-0.15, -0.1) is 11.3 Å². The number of likely N-dealkylation sites (tertiary alicyclic amines) is 1. The monoisotopic (exact) mass is 458 g/mol. The molecular formula is C21H19ClN4O4S. The third-order valence-corrected chi connectivity index (χ3v) is 6.82. The fourth-order valence-corrected chi connectivity index (χ4v) is 4.85. The second kappa shape index (κ2) is 8.24. The van der Waals surface area contributed by atoms with E-state index >= 15 is 0 Å². The largest absolute Gasteiger partial charge is 0.339 e. The first-order valence-electron chi connectivity index (χ1n) is 9.71. The fraction of sp³-hybridized carbons (Fsp3) is 0.286. The highest BCUT2D eigenvalue weighted by Gasteiger charge is 2.25. The van der Waals surface area contributed by atoms with Gasteiger partial charge in [0.15, 0.2) is 0 Å². The molecule has 1 aliphatic rings. The molecule has 1 N–H and O–H groups in total. The van der Waals surface area contributed by atoms with Gasteiger partial charge in [-0.3, -0.25) is 19.7 Å². The van der Waals surface area contributed by atoms with Crippen molar-refractivity contribution < 1.29 is 9.72 Å². The number of thiophene rings is 1. The maximum Gasteiger partial charge on any atom is 0.288 e.